The third kappa shape index (κ3) is 6.41. The number of hydrogen-bond donors (Lipinski definition) is 2. The first-order valence-corrected chi connectivity index (χ1v) is 9.84. The molecule has 0 radical (unpaired) electrons. The van der Waals surface area contributed by atoms with Gasteiger partial charge in [0.05, 0.1) is 12.2 Å². The molecule has 29 heavy (non-hydrogen) atoms. The molecule has 1 aliphatic heterocycles. The zero-order chi connectivity index (χ0) is 19.9. The molecule has 8 nitrogen and oxygen atoms in total. The van der Waals surface area contributed by atoms with Gasteiger partial charge in [-0.3, -0.25) is 4.79 Å². The fourth-order valence-corrected chi connectivity index (χ4v) is 3.22. The Labute approximate surface area is 189 Å². The van der Waals surface area contributed by atoms with Crippen molar-refractivity contribution in [2.24, 2.45) is 10.9 Å². The number of aromatic nitrogens is 3. The lowest BCUT2D eigenvalue weighted by molar-refractivity contribution is -0.133. The number of likely N-dealkylation sites (tertiary alicyclic amines) is 1. The lowest BCUT2D eigenvalue weighted by atomic mass is 10.2. The predicted molar refractivity (Wildman–Crippen MR) is 125 cm³/mol. The summed E-state index contributed by atoms with van der Waals surface area (Å²) in [6.45, 7) is 8.84. The Bertz CT molecular complexity index is 790. The van der Waals surface area contributed by atoms with Crippen LogP contribution in [0.4, 0.5) is 0 Å². The molecule has 2 N–H and O–H groups in total. The molecule has 2 aromatic rings. The lowest BCUT2D eigenvalue weighted by Gasteiger charge is -2.20. The second-order valence-corrected chi connectivity index (χ2v) is 7.27. The van der Waals surface area contributed by atoms with E-state index in [1.165, 1.54) is 6.33 Å². The predicted octanol–water partition coefficient (Wildman–Crippen LogP) is 2.20. The number of hydrogen-bond acceptors (Lipinski definition) is 4. The molecule has 1 saturated heterocycles. The first-order valence-electron chi connectivity index (χ1n) is 9.84. The third-order valence-electron chi connectivity index (χ3n) is 4.72. The van der Waals surface area contributed by atoms with Gasteiger partial charge in [-0.2, -0.15) is 5.10 Å². The summed E-state index contributed by atoms with van der Waals surface area (Å²) in [7, 11) is 0. The fourth-order valence-electron chi connectivity index (χ4n) is 3.22. The van der Waals surface area contributed by atoms with Gasteiger partial charge in [-0.25, -0.2) is 14.7 Å². The van der Waals surface area contributed by atoms with Crippen molar-refractivity contribution in [1.82, 2.24) is 30.3 Å². The van der Waals surface area contributed by atoms with Crippen molar-refractivity contribution >= 4 is 35.8 Å². The van der Waals surface area contributed by atoms with E-state index in [4.69, 9.17) is 4.99 Å². The molecule has 1 aromatic heterocycles. The monoisotopic (exact) mass is 511 g/mol. The van der Waals surface area contributed by atoms with Gasteiger partial charge >= 0.3 is 0 Å². The molecule has 0 bridgehead atoms. The summed E-state index contributed by atoms with van der Waals surface area (Å²) < 4.78 is 1.73. The van der Waals surface area contributed by atoms with Crippen LogP contribution in [-0.2, 0) is 11.3 Å². The number of nitrogens with one attached hydrogen (secondary N) is 2. The minimum atomic E-state index is 0. The van der Waals surface area contributed by atoms with Gasteiger partial charge in [0.1, 0.15) is 12.7 Å². The summed E-state index contributed by atoms with van der Waals surface area (Å²) in [4.78, 5) is 22.8. The van der Waals surface area contributed by atoms with E-state index in [-0.39, 0.29) is 41.8 Å². The highest BCUT2D eigenvalue weighted by atomic mass is 127. The van der Waals surface area contributed by atoms with Crippen LogP contribution in [0, 0.1) is 5.92 Å². The highest BCUT2D eigenvalue weighted by Gasteiger charge is 2.27. The molecule has 1 aliphatic rings. The van der Waals surface area contributed by atoms with Crippen molar-refractivity contribution < 1.29 is 4.79 Å². The molecule has 158 valence electrons. The normalized spacial score (nSPS) is 16.6. The van der Waals surface area contributed by atoms with Crippen molar-refractivity contribution in [3.8, 4) is 5.69 Å². The maximum absolute atomic E-state index is 12.2. The number of benzene rings is 1. The van der Waals surface area contributed by atoms with Crippen LogP contribution in [0.1, 0.15) is 32.8 Å². The van der Waals surface area contributed by atoms with Gasteiger partial charge in [-0.1, -0.05) is 26.0 Å². The topological polar surface area (TPSA) is 87.4 Å². The second-order valence-electron chi connectivity index (χ2n) is 7.27. The van der Waals surface area contributed by atoms with Gasteiger partial charge in [0.15, 0.2) is 5.96 Å². The van der Waals surface area contributed by atoms with Crippen LogP contribution in [0.3, 0.4) is 0 Å². The molecule has 1 atom stereocenters. The SMILES string of the molecule is CCNC(=NCc1ccc(-n2cncn2)cc1)NC1CCN(C(=O)C(C)C)C1.I. The van der Waals surface area contributed by atoms with Crippen molar-refractivity contribution in [2.45, 2.75) is 39.8 Å². The van der Waals surface area contributed by atoms with E-state index >= 15 is 0 Å². The fraction of sp³-hybridized carbons (Fsp3) is 0.500. The van der Waals surface area contributed by atoms with Crippen LogP contribution in [-0.4, -0.2) is 57.2 Å². The first kappa shape index (κ1) is 23.1. The zero-order valence-corrected chi connectivity index (χ0v) is 19.5. The molecule has 2 heterocycles. The van der Waals surface area contributed by atoms with Crippen molar-refractivity contribution in [2.75, 3.05) is 19.6 Å². The second kappa shape index (κ2) is 11.1. The molecule has 3 rings (SSSR count). The van der Waals surface area contributed by atoms with Crippen LogP contribution < -0.4 is 10.6 Å². The molecule has 1 fully saturated rings. The van der Waals surface area contributed by atoms with Gasteiger partial charge in [0, 0.05) is 31.6 Å². The summed E-state index contributed by atoms with van der Waals surface area (Å²) >= 11 is 0. The van der Waals surface area contributed by atoms with E-state index in [2.05, 4.69) is 20.7 Å². The maximum Gasteiger partial charge on any atom is 0.225 e. The molecule has 1 amide bonds. The summed E-state index contributed by atoms with van der Waals surface area (Å²) in [6, 6.07) is 8.33. The standard InChI is InChI=1S/C20H29N7O.HI/c1-4-22-20(25-17-9-10-26(12-17)19(28)15(2)3)23-11-16-5-7-18(8-6-16)27-14-21-13-24-27;/h5-8,13-15,17H,4,9-12H2,1-3H3,(H2,22,23,25);1H. The molecular weight excluding hydrogens is 481 g/mol. The largest absolute Gasteiger partial charge is 0.357 e. The van der Waals surface area contributed by atoms with E-state index in [9.17, 15) is 4.79 Å². The van der Waals surface area contributed by atoms with Crippen LogP contribution in [0.5, 0.6) is 0 Å². The Morgan fingerprint density at radius 1 is 1.31 bits per heavy atom. The van der Waals surface area contributed by atoms with E-state index in [1.54, 1.807) is 11.0 Å². The molecule has 1 aromatic carbocycles. The zero-order valence-electron chi connectivity index (χ0n) is 17.2. The molecule has 0 saturated carbocycles. The van der Waals surface area contributed by atoms with Crippen LogP contribution in [0.25, 0.3) is 5.69 Å². The number of halogens is 1. The number of aliphatic imine (C=N–C) groups is 1. The number of carbonyl (C=O) groups is 1. The summed E-state index contributed by atoms with van der Waals surface area (Å²) in [5.74, 6) is 1.05. The van der Waals surface area contributed by atoms with Gasteiger partial charge in [-0.05, 0) is 31.0 Å². The quantitative estimate of drug-likeness (QED) is 0.353. The minimum absolute atomic E-state index is 0. The minimum Gasteiger partial charge on any atom is -0.357 e. The van der Waals surface area contributed by atoms with Crippen LogP contribution >= 0.6 is 24.0 Å². The molecule has 1 unspecified atom stereocenters. The van der Waals surface area contributed by atoms with Gasteiger partial charge in [0.2, 0.25) is 5.91 Å². The highest BCUT2D eigenvalue weighted by Crippen LogP contribution is 2.13. The smallest absolute Gasteiger partial charge is 0.225 e. The number of carbonyl (C=O) groups excluding carboxylic acids is 1. The molecule has 9 heteroatoms. The molecule has 0 spiro atoms. The van der Waals surface area contributed by atoms with E-state index in [0.29, 0.717) is 6.54 Å². The molecule has 0 aliphatic carbocycles. The Morgan fingerprint density at radius 2 is 2.07 bits per heavy atom. The average molecular weight is 511 g/mol. The molecular formula is C20H30IN7O. The maximum atomic E-state index is 12.2. The van der Waals surface area contributed by atoms with E-state index in [0.717, 1.165) is 43.3 Å². The van der Waals surface area contributed by atoms with E-state index < -0.39 is 0 Å². The lowest BCUT2D eigenvalue weighted by Crippen LogP contribution is -2.45. The number of rotatable bonds is 6. The van der Waals surface area contributed by atoms with Crippen molar-refractivity contribution in [1.29, 1.82) is 0 Å². The first-order chi connectivity index (χ1) is 13.6. The van der Waals surface area contributed by atoms with Crippen molar-refractivity contribution in [3.05, 3.63) is 42.5 Å². The van der Waals surface area contributed by atoms with E-state index in [1.807, 2.05) is 49.9 Å². The van der Waals surface area contributed by atoms with Gasteiger partial charge in [-0.15, -0.1) is 24.0 Å². The third-order valence-corrected chi connectivity index (χ3v) is 4.72. The summed E-state index contributed by atoms with van der Waals surface area (Å²) in [5, 5.41) is 10.9. The highest BCUT2D eigenvalue weighted by molar-refractivity contribution is 14.0. The Balaban J connectivity index is 0.00000300. The van der Waals surface area contributed by atoms with Crippen LogP contribution in [0.15, 0.2) is 41.9 Å². The summed E-state index contributed by atoms with van der Waals surface area (Å²) in [5.41, 5.74) is 2.08. The number of guanidine groups is 1. The van der Waals surface area contributed by atoms with Gasteiger partial charge in [0.25, 0.3) is 0 Å². The van der Waals surface area contributed by atoms with Gasteiger partial charge < -0.3 is 15.5 Å². The van der Waals surface area contributed by atoms with Crippen LogP contribution in [0.2, 0.25) is 0 Å². The summed E-state index contributed by atoms with van der Waals surface area (Å²) in [6.07, 6.45) is 4.14. The number of amides is 1. The Morgan fingerprint density at radius 3 is 2.69 bits per heavy atom. The Kier molecular flexibility index (Phi) is 8.87. The number of nitrogens with zero attached hydrogens (tertiary/aromatic N) is 5. The Hall–Kier alpha value is -2.17. The average Bonchev–Trinajstić information content (AvgIpc) is 3.38. The van der Waals surface area contributed by atoms with Crippen molar-refractivity contribution in [3.63, 3.8) is 0 Å².